The van der Waals surface area contributed by atoms with Gasteiger partial charge in [-0.25, -0.2) is 0 Å². The number of rotatable bonds is 3. The summed E-state index contributed by atoms with van der Waals surface area (Å²) in [5, 5.41) is 13.6. The molecule has 0 aliphatic carbocycles. The average molecular weight is 257 g/mol. The Bertz CT molecular complexity index is 689. The van der Waals surface area contributed by atoms with E-state index < -0.39 is 0 Å². The van der Waals surface area contributed by atoms with E-state index in [0.29, 0.717) is 23.0 Å². The SMILES string of the molecule is COc1ccc(-c2nc(-c3ccc[nH]3)no2)cc1O. The van der Waals surface area contributed by atoms with Crippen molar-refractivity contribution in [2.75, 3.05) is 7.11 Å². The summed E-state index contributed by atoms with van der Waals surface area (Å²) in [7, 11) is 1.49. The van der Waals surface area contributed by atoms with E-state index in [0.717, 1.165) is 5.69 Å². The Balaban J connectivity index is 1.97. The lowest BCUT2D eigenvalue weighted by molar-refractivity contribution is 0.373. The number of nitrogens with zero attached hydrogens (tertiary/aromatic N) is 2. The van der Waals surface area contributed by atoms with E-state index in [1.54, 1.807) is 18.3 Å². The van der Waals surface area contributed by atoms with Crippen LogP contribution in [0.4, 0.5) is 0 Å². The van der Waals surface area contributed by atoms with Gasteiger partial charge in [-0.05, 0) is 30.3 Å². The molecule has 3 aromatic rings. The Kier molecular flexibility index (Phi) is 2.68. The van der Waals surface area contributed by atoms with E-state index >= 15 is 0 Å². The highest BCUT2D eigenvalue weighted by molar-refractivity contribution is 5.61. The van der Waals surface area contributed by atoms with Gasteiger partial charge in [0.15, 0.2) is 11.5 Å². The highest BCUT2D eigenvalue weighted by Crippen LogP contribution is 2.31. The van der Waals surface area contributed by atoms with Crippen LogP contribution in [0.15, 0.2) is 41.1 Å². The maximum Gasteiger partial charge on any atom is 0.258 e. The highest BCUT2D eigenvalue weighted by Gasteiger charge is 2.12. The molecule has 0 aliphatic heterocycles. The fourth-order valence-corrected chi connectivity index (χ4v) is 1.74. The van der Waals surface area contributed by atoms with Crippen molar-refractivity contribution in [1.29, 1.82) is 0 Å². The number of hydrogen-bond acceptors (Lipinski definition) is 5. The van der Waals surface area contributed by atoms with Crippen LogP contribution in [-0.2, 0) is 0 Å². The first kappa shape index (κ1) is 11.3. The molecule has 0 bridgehead atoms. The van der Waals surface area contributed by atoms with Crippen LogP contribution in [0.3, 0.4) is 0 Å². The van der Waals surface area contributed by atoms with Crippen LogP contribution < -0.4 is 4.74 Å². The largest absolute Gasteiger partial charge is 0.504 e. The molecular formula is C13H11N3O3. The lowest BCUT2D eigenvalue weighted by Gasteiger charge is -2.03. The second-order valence-corrected chi connectivity index (χ2v) is 3.89. The molecule has 96 valence electrons. The van der Waals surface area contributed by atoms with Crippen molar-refractivity contribution in [1.82, 2.24) is 15.1 Å². The summed E-state index contributed by atoms with van der Waals surface area (Å²) in [6, 6.07) is 8.60. The van der Waals surface area contributed by atoms with Crippen LogP contribution in [0.5, 0.6) is 11.5 Å². The van der Waals surface area contributed by atoms with Gasteiger partial charge in [0.1, 0.15) is 0 Å². The van der Waals surface area contributed by atoms with Crippen LogP contribution in [0.2, 0.25) is 0 Å². The predicted molar refractivity (Wildman–Crippen MR) is 67.7 cm³/mol. The van der Waals surface area contributed by atoms with E-state index in [1.807, 2.05) is 12.1 Å². The van der Waals surface area contributed by atoms with Crippen LogP contribution in [0, 0.1) is 0 Å². The van der Waals surface area contributed by atoms with Crippen LogP contribution in [-0.4, -0.2) is 27.3 Å². The van der Waals surface area contributed by atoms with Gasteiger partial charge in [0.05, 0.1) is 12.8 Å². The number of phenolic OH excluding ortho intramolecular Hbond substituents is 1. The minimum Gasteiger partial charge on any atom is -0.504 e. The third kappa shape index (κ3) is 2.03. The first-order valence-corrected chi connectivity index (χ1v) is 5.63. The molecule has 2 N–H and O–H groups in total. The second-order valence-electron chi connectivity index (χ2n) is 3.89. The normalized spacial score (nSPS) is 10.6. The second kappa shape index (κ2) is 4.49. The van der Waals surface area contributed by atoms with E-state index in [4.69, 9.17) is 9.26 Å². The zero-order valence-electron chi connectivity index (χ0n) is 10.1. The van der Waals surface area contributed by atoms with Crippen molar-refractivity contribution in [3.8, 4) is 34.5 Å². The van der Waals surface area contributed by atoms with Gasteiger partial charge in [-0.3, -0.25) is 0 Å². The van der Waals surface area contributed by atoms with Crippen molar-refractivity contribution in [3.05, 3.63) is 36.5 Å². The van der Waals surface area contributed by atoms with Crippen LogP contribution in [0.25, 0.3) is 23.0 Å². The molecule has 0 radical (unpaired) electrons. The lowest BCUT2D eigenvalue weighted by Crippen LogP contribution is -1.85. The monoisotopic (exact) mass is 257 g/mol. The van der Waals surface area contributed by atoms with Crippen molar-refractivity contribution >= 4 is 0 Å². The van der Waals surface area contributed by atoms with E-state index in [2.05, 4.69) is 15.1 Å². The zero-order valence-corrected chi connectivity index (χ0v) is 10.1. The fourth-order valence-electron chi connectivity index (χ4n) is 1.74. The molecule has 0 spiro atoms. The third-order valence-corrected chi connectivity index (χ3v) is 2.69. The quantitative estimate of drug-likeness (QED) is 0.752. The first-order valence-electron chi connectivity index (χ1n) is 5.63. The Hall–Kier alpha value is -2.76. The van der Waals surface area contributed by atoms with Gasteiger partial charge in [-0.2, -0.15) is 4.98 Å². The molecule has 0 aliphatic rings. The van der Waals surface area contributed by atoms with E-state index in [9.17, 15) is 5.11 Å². The molecule has 6 nitrogen and oxygen atoms in total. The molecule has 3 rings (SSSR count). The Morgan fingerprint density at radius 2 is 2.21 bits per heavy atom. The predicted octanol–water partition coefficient (Wildman–Crippen LogP) is 2.45. The molecule has 19 heavy (non-hydrogen) atoms. The molecule has 0 saturated heterocycles. The minimum atomic E-state index is 0.0274. The molecule has 0 unspecified atom stereocenters. The first-order chi connectivity index (χ1) is 9.28. The summed E-state index contributed by atoms with van der Waals surface area (Å²) in [5.74, 6) is 1.23. The fraction of sp³-hybridized carbons (Fsp3) is 0.0769. The van der Waals surface area contributed by atoms with Crippen molar-refractivity contribution < 1.29 is 14.4 Å². The highest BCUT2D eigenvalue weighted by atomic mass is 16.5. The smallest absolute Gasteiger partial charge is 0.258 e. The number of methoxy groups -OCH3 is 1. The third-order valence-electron chi connectivity index (χ3n) is 2.69. The molecule has 2 aromatic heterocycles. The molecular weight excluding hydrogens is 246 g/mol. The van der Waals surface area contributed by atoms with Crippen molar-refractivity contribution in [2.45, 2.75) is 0 Å². The number of benzene rings is 1. The lowest BCUT2D eigenvalue weighted by atomic mass is 10.2. The van der Waals surface area contributed by atoms with Gasteiger partial charge < -0.3 is 19.4 Å². The van der Waals surface area contributed by atoms with Gasteiger partial charge in [-0.15, -0.1) is 0 Å². The maximum atomic E-state index is 9.72. The van der Waals surface area contributed by atoms with Crippen molar-refractivity contribution in [2.24, 2.45) is 0 Å². The maximum absolute atomic E-state index is 9.72. The molecule has 0 fully saturated rings. The summed E-state index contributed by atoms with van der Waals surface area (Å²) >= 11 is 0. The number of aromatic amines is 1. The van der Waals surface area contributed by atoms with Gasteiger partial charge in [0, 0.05) is 11.8 Å². The number of aromatic nitrogens is 3. The summed E-state index contributed by atoms with van der Waals surface area (Å²) in [4.78, 5) is 7.25. The Morgan fingerprint density at radius 1 is 1.32 bits per heavy atom. The molecule has 2 heterocycles. The van der Waals surface area contributed by atoms with Crippen LogP contribution in [0.1, 0.15) is 0 Å². The average Bonchev–Trinajstić information content (AvgIpc) is 3.09. The van der Waals surface area contributed by atoms with Gasteiger partial charge in [0.2, 0.25) is 5.82 Å². The van der Waals surface area contributed by atoms with Crippen LogP contribution >= 0.6 is 0 Å². The number of aromatic hydroxyl groups is 1. The number of phenols is 1. The van der Waals surface area contributed by atoms with E-state index in [-0.39, 0.29) is 5.75 Å². The zero-order chi connectivity index (χ0) is 13.2. The summed E-state index contributed by atoms with van der Waals surface area (Å²) in [6.07, 6.45) is 1.78. The molecule has 0 amide bonds. The number of ether oxygens (including phenoxy) is 1. The van der Waals surface area contributed by atoms with Gasteiger partial charge in [-0.1, -0.05) is 5.16 Å². The molecule has 0 saturated carbocycles. The molecule has 6 heteroatoms. The summed E-state index contributed by atoms with van der Waals surface area (Å²) in [5.41, 5.74) is 1.40. The standard InChI is InChI=1S/C13H11N3O3/c1-18-11-5-4-8(7-10(11)17)13-15-12(16-19-13)9-3-2-6-14-9/h2-7,14,17H,1H3. The number of nitrogens with one attached hydrogen (secondary N) is 1. The molecule has 1 aromatic carbocycles. The minimum absolute atomic E-state index is 0.0274. The van der Waals surface area contributed by atoms with E-state index in [1.165, 1.54) is 13.2 Å². The van der Waals surface area contributed by atoms with Crippen molar-refractivity contribution in [3.63, 3.8) is 0 Å². The number of H-pyrrole nitrogens is 1. The number of hydrogen-bond donors (Lipinski definition) is 2. The van der Waals surface area contributed by atoms with Gasteiger partial charge in [0.25, 0.3) is 5.89 Å². The topological polar surface area (TPSA) is 84.2 Å². The Morgan fingerprint density at radius 3 is 2.89 bits per heavy atom. The summed E-state index contributed by atoms with van der Waals surface area (Å²) < 4.78 is 10.1. The summed E-state index contributed by atoms with van der Waals surface area (Å²) in [6.45, 7) is 0. The molecule has 0 atom stereocenters. The van der Waals surface area contributed by atoms with Gasteiger partial charge >= 0.3 is 0 Å². The Labute approximate surface area is 108 Å².